The standard InChI is InChI=1S/C34H56N2O2/c1-21-16-31-32(35-20-21)23(3)34(38-31)13-9-27-28-7-6-24-17-25(36-14-10-26(37-5)11-15-36)8-12-33(24,4)30(28)18-29(27)22(2)19-34/h21,23-28,30-32,35H,6-20H2,1-5H3/t21-,23?,24?,25?,27?,28?,30?,31?,32?,33?,34?/m0/s1. The summed E-state index contributed by atoms with van der Waals surface area (Å²) in [5.41, 5.74) is 4.27. The van der Waals surface area contributed by atoms with E-state index < -0.39 is 0 Å². The van der Waals surface area contributed by atoms with Crippen LogP contribution in [0.25, 0.3) is 0 Å². The Morgan fingerprint density at radius 1 is 1.00 bits per heavy atom. The fraction of sp³-hybridized carbons (Fsp3) is 0.941. The predicted molar refractivity (Wildman–Crippen MR) is 154 cm³/mol. The van der Waals surface area contributed by atoms with Gasteiger partial charge in [0.05, 0.1) is 17.8 Å². The van der Waals surface area contributed by atoms with Crippen molar-refractivity contribution in [3.8, 4) is 0 Å². The molecular formula is C34H56N2O2. The molecule has 38 heavy (non-hydrogen) atoms. The van der Waals surface area contributed by atoms with Gasteiger partial charge in [-0.3, -0.25) is 0 Å². The monoisotopic (exact) mass is 524 g/mol. The van der Waals surface area contributed by atoms with Crippen molar-refractivity contribution in [3.63, 3.8) is 0 Å². The third kappa shape index (κ3) is 4.12. The second-order valence-electron chi connectivity index (χ2n) is 15.6. The zero-order chi connectivity index (χ0) is 26.2. The van der Waals surface area contributed by atoms with Crippen LogP contribution >= 0.6 is 0 Å². The Morgan fingerprint density at radius 2 is 1.82 bits per heavy atom. The minimum absolute atomic E-state index is 0.0821. The molecule has 6 fully saturated rings. The first kappa shape index (κ1) is 26.5. The van der Waals surface area contributed by atoms with Crippen molar-refractivity contribution >= 4 is 0 Å². The first-order valence-corrected chi connectivity index (χ1v) is 16.7. The van der Waals surface area contributed by atoms with Gasteiger partial charge in [-0.15, -0.1) is 0 Å². The first-order valence-electron chi connectivity index (χ1n) is 16.7. The molecule has 1 N–H and O–H groups in total. The molecule has 0 bridgehead atoms. The van der Waals surface area contributed by atoms with E-state index in [9.17, 15) is 0 Å². The first-order chi connectivity index (χ1) is 18.3. The number of rotatable bonds is 2. The molecule has 0 aromatic heterocycles. The largest absolute Gasteiger partial charge is 0.381 e. The number of methoxy groups -OCH3 is 1. The van der Waals surface area contributed by atoms with Gasteiger partial charge in [0.15, 0.2) is 0 Å². The number of piperidine rings is 2. The number of hydrogen-bond donors (Lipinski definition) is 1. The maximum Gasteiger partial charge on any atom is 0.0765 e. The minimum Gasteiger partial charge on any atom is -0.381 e. The summed E-state index contributed by atoms with van der Waals surface area (Å²) in [6, 6.07) is 1.40. The van der Waals surface area contributed by atoms with Crippen LogP contribution in [0.3, 0.4) is 0 Å². The van der Waals surface area contributed by atoms with Crippen LogP contribution in [-0.2, 0) is 9.47 Å². The summed E-state index contributed by atoms with van der Waals surface area (Å²) in [5, 5.41) is 3.90. The predicted octanol–water partition coefficient (Wildman–Crippen LogP) is 6.59. The van der Waals surface area contributed by atoms with Crippen LogP contribution in [0.1, 0.15) is 105 Å². The maximum absolute atomic E-state index is 7.11. The summed E-state index contributed by atoms with van der Waals surface area (Å²) in [7, 11) is 1.90. The second-order valence-corrected chi connectivity index (χ2v) is 15.6. The molecule has 0 amide bonds. The van der Waals surface area contributed by atoms with E-state index in [1.54, 1.807) is 5.57 Å². The van der Waals surface area contributed by atoms with Crippen molar-refractivity contribution in [3.05, 3.63) is 11.1 Å². The topological polar surface area (TPSA) is 33.7 Å². The lowest BCUT2D eigenvalue weighted by atomic mass is 9.52. The molecule has 3 heterocycles. The van der Waals surface area contributed by atoms with E-state index in [2.05, 4.69) is 37.9 Å². The van der Waals surface area contributed by atoms with Crippen LogP contribution in [0, 0.1) is 40.9 Å². The lowest BCUT2D eigenvalue weighted by Gasteiger charge is -2.56. The smallest absolute Gasteiger partial charge is 0.0765 e. The van der Waals surface area contributed by atoms with Crippen molar-refractivity contribution in [2.75, 3.05) is 26.7 Å². The molecule has 3 saturated carbocycles. The summed E-state index contributed by atoms with van der Waals surface area (Å²) in [6.45, 7) is 13.8. The average Bonchev–Trinajstić information content (AvgIpc) is 3.38. The molecule has 11 atom stereocenters. The van der Waals surface area contributed by atoms with Crippen LogP contribution in [0.15, 0.2) is 11.1 Å². The molecule has 0 radical (unpaired) electrons. The molecule has 10 unspecified atom stereocenters. The van der Waals surface area contributed by atoms with Gasteiger partial charge in [0.2, 0.25) is 0 Å². The van der Waals surface area contributed by atoms with E-state index in [-0.39, 0.29) is 5.60 Å². The molecular weight excluding hydrogens is 468 g/mol. The minimum atomic E-state index is 0.0821. The van der Waals surface area contributed by atoms with Crippen LogP contribution in [0.5, 0.6) is 0 Å². The average molecular weight is 525 g/mol. The van der Waals surface area contributed by atoms with Gasteiger partial charge in [-0.25, -0.2) is 0 Å². The zero-order valence-electron chi connectivity index (χ0n) is 25.1. The number of likely N-dealkylation sites (tertiary alicyclic amines) is 1. The lowest BCUT2D eigenvalue weighted by Crippen LogP contribution is -2.52. The summed E-state index contributed by atoms with van der Waals surface area (Å²) in [5.74, 6) is 5.01. The highest BCUT2D eigenvalue weighted by molar-refractivity contribution is 5.29. The summed E-state index contributed by atoms with van der Waals surface area (Å²) in [4.78, 5) is 2.85. The number of nitrogens with zero attached hydrogens (tertiary/aromatic N) is 1. The van der Waals surface area contributed by atoms with E-state index >= 15 is 0 Å². The molecule has 7 rings (SSSR count). The molecule has 4 heteroatoms. The SMILES string of the molecule is COC1CCN(C2CCC3(C)C(CCC4C5CCC6(CC(C)=C5CC43)OC3C[C@H](C)CNC3C6C)C2)CC1. The highest BCUT2D eigenvalue weighted by Crippen LogP contribution is 2.65. The normalized spacial score (nSPS) is 51.9. The fourth-order valence-electron chi connectivity index (χ4n) is 11.6. The van der Waals surface area contributed by atoms with Gasteiger partial charge in [-0.1, -0.05) is 31.9 Å². The lowest BCUT2D eigenvalue weighted by molar-refractivity contribution is -0.0782. The van der Waals surface area contributed by atoms with E-state index in [0.29, 0.717) is 29.6 Å². The van der Waals surface area contributed by atoms with E-state index in [4.69, 9.17) is 9.47 Å². The van der Waals surface area contributed by atoms with Crippen LogP contribution in [-0.4, -0.2) is 61.5 Å². The molecule has 1 spiro atoms. The van der Waals surface area contributed by atoms with Gasteiger partial charge in [-0.2, -0.15) is 0 Å². The molecule has 4 aliphatic carbocycles. The quantitative estimate of drug-likeness (QED) is 0.413. The molecule has 0 aromatic carbocycles. The van der Waals surface area contributed by atoms with Gasteiger partial charge >= 0.3 is 0 Å². The van der Waals surface area contributed by atoms with Crippen molar-refractivity contribution in [1.29, 1.82) is 0 Å². The van der Waals surface area contributed by atoms with Gasteiger partial charge < -0.3 is 19.7 Å². The number of ether oxygens (including phenoxy) is 2. The van der Waals surface area contributed by atoms with E-state index in [1.807, 2.05) is 12.7 Å². The molecule has 3 saturated heterocycles. The zero-order valence-corrected chi connectivity index (χ0v) is 25.1. The second kappa shape index (κ2) is 9.85. The summed E-state index contributed by atoms with van der Waals surface area (Å²) in [6.07, 6.45) is 17.2. The van der Waals surface area contributed by atoms with Gasteiger partial charge in [-0.05, 0) is 126 Å². The molecule has 4 nitrogen and oxygen atoms in total. The Balaban J connectivity index is 1.07. The van der Waals surface area contributed by atoms with Gasteiger partial charge in [0, 0.05) is 38.2 Å². The number of allylic oxidation sites excluding steroid dienone is 1. The van der Waals surface area contributed by atoms with E-state index in [1.165, 1.54) is 96.7 Å². The third-order valence-corrected chi connectivity index (χ3v) is 13.9. The molecule has 3 aliphatic heterocycles. The Morgan fingerprint density at radius 3 is 2.61 bits per heavy atom. The van der Waals surface area contributed by atoms with Crippen molar-refractivity contribution in [2.45, 2.75) is 135 Å². The number of hydrogen-bond acceptors (Lipinski definition) is 4. The van der Waals surface area contributed by atoms with Gasteiger partial charge in [0.25, 0.3) is 0 Å². The molecule has 0 aromatic rings. The Hall–Kier alpha value is -0.420. The third-order valence-electron chi connectivity index (χ3n) is 13.9. The Kier molecular flexibility index (Phi) is 6.86. The van der Waals surface area contributed by atoms with Crippen LogP contribution in [0.2, 0.25) is 0 Å². The highest BCUT2D eigenvalue weighted by Gasteiger charge is 2.59. The maximum atomic E-state index is 7.11. The number of nitrogens with one attached hydrogen (secondary N) is 1. The van der Waals surface area contributed by atoms with Gasteiger partial charge in [0.1, 0.15) is 0 Å². The van der Waals surface area contributed by atoms with Crippen molar-refractivity contribution in [2.24, 2.45) is 40.9 Å². The Labute approximate surface area is 233 Å². The fourth-order valence-corrected chi connectivity index (χ4v) is 11.6. The summed E-state index contributed by atoms with van der Waals surface area (Å²) < 4.78 is 12.8. The summed E-state index contributed by atoms with van der Waals surface area (Å²) >= 11 is 0. The highest BCUT2D eigenvalue weighted by atomic mass is 16.5. The molecule has 214 valence electrons. The van der Waals surface area contributed by atoms with Crippen LogP contribution < -0.4 is 5.32 Å². The Bertz CT molecular complexity index is 925. The van der Waals surface area contributed by atoms with Crippen molar-refractivity contribution < 1.29 is 9.47 Å². The van der Waals surface area contributed by atoms with E-state index in [0.717, 1.165) is 35.6 Å². The molecule has 7 aliphatic rings. The van der Waals surface area contributed by atoms with Crippen LogP contribution in [0.4, 0.5) is 0 Å². The van der Waals surface area contributed by atoms with Crippen molar-refractivity contribution in [1.82, 2.24) is 10.2 Å². The number of fused-ring (bicyclic) bond motifs is 6.